The predicted molar refractivity (Wildman–Crippen MR) is 62.8 cm³/mol. The lowest BCUT2D eigenvalue weighted by Crippen LogP contribution is -2.49. The van der Waals surface area contributed by atoms with E-state index in [1.165, 1.54) is 6.34 Å². The predicted octanol–water partition coefficient (Wildman–Crippen LogP) is 0.461. The number of piperazine rings is 1. The van der Waals surface area contributed by atoms with Gasteiger partial charge in [-0.25, -0.2) is 4.79 Å². The second kappa shape index (κ2) is 5.72. The van der Waals surface area contributed by atoms with Crippen molar-refractivity contribution < 1.29 is 14.7 Å². The van der Waals surface area contributed by atoms with Crippen molar-refractivity contribution in [3.63, 3.8) is 0 Å². The van der Waals surface area contributed by atoms with E-state index in [9.17, 15) is 4.79 Å². The fourth-order valence-corrected chi connectivity index (χ4v) is 1.45. The summed E-state index contributed by atoms with van der Waals surface area (Å²) in [6.45, 7) is 8.07. The summed E-state index contributed by atoms with van der Waals surface area (Å²) in [6, 6.07) is 0. The zero-order valence-electron chi connectivity index (χ0n) is 10.5. The number of rotatable bonds is 2. The Hall–Kier alpha value is -1.50. The van der Waals surface area contributed by atoms with Crippen LogP contribution in [0.15, 0.2) is 5.10 Å². The molecule has 0 aromatic heterocycles. The number of ether oxygens (including phenoxy) is 1. The zero-order valence-corrected chi connectivity index (χ0v) is 10.5. The number of nitrogens with zero attached hydrogens (tertiary/aromatic N) is 3. The Morgan fingerprint density at radius 3 is 2.41 bits per heavy atom. The lowest BCUT2D eigenvalue weighted by atomic mass is 10.2. The lowest BCUT2D eigenvalue weighted by Gasteiger charge is -2.34. The van der Waals surface area contributed by atoms with Gasteiger partial charge in [-0.3, -0.25) is 5.21 Å². The van der Waals surface area contributed by atoms with Gasteiger partial charge in [0.1, 0.15) is 11.9 Å². The van der Waals surface area contributed by atoms with E-state index >= 15 is 0 Å². The Labute approximate surface area is 101 Å². The normalized spacial score (nSPS) is 17.4. The fraction of sp³-hybridized carbons (Fsp3) is 0.800. The Balaban J connectivity index is 2.36. The molecule has 1 fully saturated rings. The van der Waals surface area contributed by atoms with Gasteiger partial charge >= 0.3 is 6.09 Å². The third kappa shape index (κ3) is 4.90. The number of hydrogen-bond acceptors (Lipinski definition) is 5. The first-order chi connectivity index (χ1) is 7.92. The molecule has 0 unspecified atom stereocenters. The Bertz CT molecular complexity index is 280. The summed E-state index contributed by atoms with van der Waals surface area (Å²) in [5.74, 6) is 0. The molecule has 1 saturated heterocycles. The first kappa shape index (κ1) is 13.6. The number of nitrogens with one attached hydrogen (secondary N) is 1. The molecule has 1 heterocycles. The lowest BCUT2D eigenvalue weighted by molar-refractivity contribution is 0.0188. The van der Waals surface area contributed by atoms with Crippen LogP contribution in [0.1, 0.15) is 20.8 Å². The average molecular weight is 244 g/mol. The summed E-state index contributed by atoms with van der Waals surface area (Å²) in [5.41, 5.74) is 1.24. The standard InChI is InChI=1S/C10H20N4O3/c1-10(2,3)17-9(15)14-6-4-13(5-7-14)8-11-12-16/h8,12,16H,4-7H2,1-3H3. The van der Waals surface area contributed by atoms with Crippen molar-refractivity contribution in [1.82, 2.24) is 15.4 Å². The Morgan fingerprint density at radius 2 is 1.94 bits per heavy atom. The van der Waals surface area contributed by atoms with Crippen LogP contribution < -0.4 is 5.59 Å². The number of amides is 1. The van der Waals surface area contributed by atoms with Crippen molar-refractivity contribution >= 4 is 12.4 Å². The minimum Gasteiger partial charge on any atom is -0.444 e. The second-order valence-corrected chi connectivity index (χ2v) is 4.85. The largest absolute Gasteiger partial charge is 0.444 e. The van der Waals surface area contributed by atoms with E-state index in [4.69, 9.17) is 9.94 Å². The summed E-state index contributed by atoms with van der Waals surface area (Å²) in [4.78, 5) is 15.3. The molecule has 0 spiro atoms. The minimum absolute atomic E-state index is 0.283. The van der Waals surface area contributed by atoms with Crippen molar-refractivity contribution in [2.24, 2.45) is 5.10 Å². The highest BCUT2D eigenvalue weighted by Crippen LogP contribution is 2.11. The topological polar surface area (TPSA) is 77.4 Å². The highest BCUT2D eigenvalue weighted by Gasteiger charge is 2.24. The van der Waals surface area contributed by atoms with Gasteiger partial charge in [-0.2, -0.15) is 5.59 Å². The molecule has 0 aromatic carbocycles. The molecule has 17 heavy (non-hydrogen) atoms. The summed E-state index contributed by atoms with van der Waals surface area (Å²) in [5, 5.41) is 11.8. The molecule has 1 amide bonds. The van der Waals surface area contributed by atoms with E-state index in [0.717, 1.165) is 0 Å². The van der Waals surface area contributed by atoms with Crippen LogP contribution in [0.25, 0.3) is 0 Å². The SMILES string of the molecule is CC(C)(C)OC(=O)N1CCN(C=NNO)CC1. The smallest absolute Gasteiger partial charge is 0.410 e. The molecule has 0 aromatic rings. The van der Waals surface area contributed by atoms with Gasteiger partial charge < -0.3 is 14.5 Å². The van der Waals surface area contributed by atoms with Gasteiger partial charge in [0.2, 0.25) is 0 Å². The maximum atomic E-state index is 11.7. The summed E-state index contributed by atoms with van der Waals surface area (Å²) < 4.78 is 5.28. The molecule has 98 valence electrons. The highest BCUT2D eigenvalue weighted by molar-refractivity contribution is 5.68. The van der Waals surface area contributed by atoms with Crippen LogP contribution >= 0.6 is 0 Å². The maximum Gasteiger partial charge on any atom is 0.410 e. The second-order valence-electron chi connectivity index (χ2n) is 4.85. The van der Waals surface area contributed by atoms with Crippen molar-refractivity contribution in [3.8, 4) is 0 Å². The molecule has 7 heteroatoms. The van der Waals surface area contributed by atoms with Gasteiger partial charge in [-0.1, -0.05) is 0 Å². The zero-order chi connectivity index (χ0) is 12.9. The van der Waals surface area contributed by atoms with Crippen molar-refractivity contribution in [3.05, 3.63) is 0 Å². The van der Waals surface area contributed by atoms with Crippen LogP contribution in [-0.2, 0) is 4.74 Å². The Morgan fingerprint density at radius 1 is 1.35 bits per heavy atom. The first-order valence-corrected chi connectivity index (χ1v) is 5.56. The quantitative estimate of drug-likeness (QED) is 0.419. The highest BCUT2D eigenvalue weighted by atomic mass is 16.6. The van der Waals surface area contributed by atoms with E-state index in [1.807, 2.05) is 25.7 Å². The van der Waals surface area contributed by atoms with Crippen LogP contribution in [0.2, 0.25) is 0 Å². The van der Waals surface area contributed by atoms with Crippen LogP contribution in [-0.4, -0.2) is 59.2 Å². The Kier molecular flexibility index (Phi) is 4.56. The van der Waals surface area contributed by atoms with Crippen LogP contribution in [0.4, 0.5) is 4.79 Å². The molecule has 1 aliphatic heterocycles. The summed E-state index contributed by atoms with van der Waals surface area (Å²) in [7, 11) is 0. The molecule has 1 rings (SSSR count). The van der Waals surface area contributed by atoms with E-state index in [-0.39, 0.29) is 6.09 Å². The first-order valence-electron chi connectivity index (χ1n) is 5.56. The minimum atomic E-state index is -0.462. The molecule has 1 aliphatic rings. The van der Waals surface area contributed by atoms with Gasteiger partial charge in [0.05, 0.1) is 0 Å². The molecule has 0 radical (unpaired) electrons. The van der Waals surface area contributed by atoms with Crippen molar-refractivity contribution in [2.45, 2.75) is 26.4 Å². The molecule has 0 aliphatic carbocycles. The molecule has 2 N–H and O–H groups in total. The fourth-order valence-electron chi connectivity index (χ4n) is 1.45. The van der Waals surface area contributed by atoms with Crippen molar-refractivity contribution in [2.75, 3.05) is 26.2 Å². The summed E-state index contributed by atoms with van der Waals surface area (Å²) in [6.07, 6.45) is 1.22. The molecule has 7 nitrogen and oxygen atoms in total. The van der Waals surface area contributed by atoms with E-state index in [1.54, 1.807) is 10.5 Å². The number of hydrogen-bond donors (Lipinski definition) is 2. The maximum absolute atomic E-state index is 11.7. The number of carbonyl (C=O) groups is 1. The van der Waals surface area contributed by atoms with Gasteiger partial charge in [-0.15, -0.1) is 5.10 Å². The van der Waals surface area contributed by atoms with Gasteiger partial charge in [0, 0.05) is 26.2 Å². The van der Waals surface area contributed by atoms with Crippen LogP contribution in [0.3, 0.4) is 0 Å². The molecular formula is C10H20N4O3. The molecule has 0 bridgehead atoms. The van der Waals surface area contributed by atoms with E-state index in [0.29, 0.717) is 26.2 Å². The van der Waals surface area contributed by atoms with Crippen LogP contribution in [0, 0.1) is 0 Å². The summed E-state index contributed by atoms with van der Waals surface area (Å²) >= 11 is 0. The molecule has 0 atom stereocenters. The third-order valence-corrected chi connectivity index (χ3v) is 2.24. The number of carbonyl (C=O) groups excluding carboxylic acids is 1. The van der Waals surface area contributed by atoms with Crippen molar-refractivity contribution in [1.29, 1.82) is 0 Å². The van der Waals surface area contributed by atoms with Gasteiger partial charge in [-0.05, 0) is 20.8 Å². The monoisotopic (exact) mass is 244 g/mol. The molecular weight excluding hydrogens is 224 g/mol. The molecule has 0 saturated carbocycles. The van der Waals surface area contributed by atoms with Gasteiger partial charge in [0.25, 0.3) is 0 Å². The number of hydrazone groups is 1. The average Bonchev–Trinajstić information content (AvgIpc) is 2.24. The van der Waals surface area contributed by atoms with E-state index in [2.05, 4.69) is 5.10 Å². The van der Waals surface area contributed by atoms with Gasteiger partial charge in [0.15, 0.2) is 0 Å². The van der Waals surface area contributed by atoms with E-state index < -0.39 is 5.60 Å². The third-order valence-electron chi connectivity index (χ3n) is 2.24. The van der Waals surface area contributed by atoms with Crippen LogP contribution in [0.5, 0.6) is 0 Å².